The molecule has 5 heteroatoms. The van der Waals surface area contributed by atoms with Crippen molar-refractivity contribution < 1.29 is 13.6 Å². The molecule has 0 radical (unpaired) electrons. The van der Waals surface area contributed by atoms with E-state index in [1.165, 1.54) is 18.4 Å². The standard InChI is InChI=1S/C18H28NO3P/c1-4-18(23(20,21-5-2)22-6-3)17-11-9-10-16(14-17)15-19-12-7-8-13-19/h4,9-11,14,18H,1,5-8,12-13,15H2,2-3H3. The molecule has 2 rings (SSSR count). The Hall–Kier alpha value is -0.930. The van der Waals surface area contributed by atoms with Gasteiger partial charge in [-0.3, -0.25) is 9.46 Å². The van der Waals surface area contributed by atoms with Crippen molar-refractivity contribution in [3.63, 3.8) is 0 Å². The molecule has 1 aromatic carbocycles. The highest BCUT2D eigenvalue weighted by atomic mass is 31.2. The maximum atomic E-state index is 13.1. The van der Waals surface area contributed by atoms with Crippen LogP contribution in [0, 0.1) is 0 Å². The molecule has 0 spiro atoms. The number of hydrogen-bond donors (Lipinski definition) is 0. The first-order chi connectivity index (χ1) is 11.1. The van der Waals surface area contributed by atoms with Gasteiger partial charge in [-0.1, -0.05) is 30.3 Å². The summed E-state index contributed by atoms with van der Waals surface area (Å²) in [6.07, 6.45) is 4.23. The van der Waals surface area contributed by atoms with E-state index in [1.54, 1.807) is 6.08 Å². The van der Waals surface area contributed by atoms with E-state index in [0.29, 0.717) is 13.2 Å². The summed E-state index contributed by atoms with van der Waals surface area (Å²) in [6, 6.07) is 8.22. The van der Waals surface area contributed by atoms with Crippen LogP contribution in [-0.2, 0) is 20.2 Å². The number of hydrogen-bond acceptors (Lipinski definition) is 4. The van der Waals surface area contributed by atoms with Crippen LogP contribution in [0.2, 0.25) is 0 Å². The fourth-order valence-electron chi connectivity index (χ4n) is 3.08. The van der Waals surface area contributed by atoms with E-state index in [-0.39, 0.29) is 0 Å². The summed E-state index contributed by atoms with van der Waals surface area (Å²) in [5.74, 6) is 0. The zero-order valence-corrected chi connectivity index (χ0v) is 15.1. The van der Waals surface area contributed by atoms with E-state index in [4.69, 9.17) is 9.05 Å². The summed E-state index contributed by atoms with van der Waals surface area (Å²) in [6.45, 7) is 11.5. The predicted octanol–water partition coefficient (Wildman–Crippen LogP) is 4.78. The van der Waals surface area contributed by atoms with Crippen molar-refractivity contribution in [3.8, 4) is 0 Å². The van der Waals surface area contributed by atoms with E-state index < -0.39 is 13.3 Å². The van der Waals surface area contributed by atoms with Gasteiger partial charge in [-0.05, 0) is 50.9 Å². The van der Waals surface area contributed by atoms with E-state index in [0.717, 1.165) is 25.2 Å². The van der Waals surface area contributed by atoms with Gasteiger partial charge >= 0.3 is 7.60 Å². The number of benzene rings is 1. The molecular formula is C18H28NO3P. The van der Waals surface area contributed by atoms with Crippen LogP contribution in [0.5, 0.6) is 0 Å². The summed E-state index contributed by atoms with van der Waals surface area (Å²) in [5, 5.41) is 0. The summed E-state index contributed by atoms with van der Waals surface area (Å²) < 4.78 is 24.1. The van der Waals surface area contributed by atoms with Gasteiger partial charge in [0.15, 0.2) is 0 Å². The maximum absolute atomic E-state index is 13.1. The fraction of sp³-hybridized carbons (Fsp3) is 0.556. The topological polar surface area (TPSA) is 38.8 Å². The van der Waals surface area contributed by atoms with Crippen LogP contribution in [0.15, 0.2) is 36.9 Å². The second-order valence-corrected chi connectivity index (χ2v) is 7.94. The molecule has 0 saturated carbocycles. The highest BCUT2D eigenvalue weighted by Crippen LogP contribution is 2.61. The van der Waals surface area contributed by atoms with Crippen LogP contribution < -0.4 is 0 Å². The van der Waals surface area contributed by atoms with Crippen molar-refractivity contribution in [1.29, 1.82) is 0 Å². The normalized spacial score (nSPS) is 17.3. The number of allylic oxidation sites excluding steroid dienone is 1. The van der Waals surface area contributed by atoms with Crippen molar-refractivity contribution >= 4 is 7.60 Å². The third-order valence-corrected chi connectivity index (χ3v) is 6.51. The summed E-state index contributed by atoms with van der Waals surface area (Å²) in [4.78, 5) is 2.45. The Labute approximate surface area is 140 Å². The molecule has 0 bridgehead atoms. The van der Waals surface area contributed by atoms with Crippen LogP contribution >= 0.6 is 7.60 Å². The molecule has 1 fully saturated rings. The highest BCUT2D eigenvalue weighted by molar-refractivity contribution is 7.54. The van der Waals surface area contributed by atoms with Crippen molar-refractivity contribution in [2.75, 3.05) is 26.3 Å². The van der Waals surface area contributed by atoms with E-state index in [2.05, 4.69) is 23.6 Å². The number of nitrogens with zero attached hydrogens (tertiary/aromatic N) is 1. The molecule has 1 saturated heterocycles. The lowest BCUT2D eigenvalue weighted by Gasteiger charge is -2.25. The Bertz CT molecular complexity index is 545. The minimum Gasteiger partial charge on any atom is -0.308 e. The summed E-state index contributed by atoms with van der Waals surface area (Å²) >= 11 is 0. The van der Waals surface area contributed by atoms with E-state index >= 15 is 0 Å². The molecule has 0 aliphatic carbocycles. The fourth-order valence-corrected chi connectivity index (χ4v) is 4.98. The maximum Gasteiger partial charge on any atom is 0.341 e. The molecule has 1 aliphatic heterocycles. The van der Waals surface area contributed by atoms with Crippen molar-refractivity contribution in [2.45, 2.75) is 38.9 Å². The molecule has 128 valence electrons. The molecule has 1 aromatic rings. The van der Waals surface area contributed by atoms with Crippen LogP contribution in [0.1, 0.15) is 43.5 Å². The quantitative estimate of drug-likeness (QED) is 0.480. The second kappa shape index (κ2) is 8.79. The predicted molar refractivity (Wildman–Crippen MR) is 94.7 cm³/mol. The Morgan fingerprint density at radius 2 is 1.91 bits per heavy atom. The van der Waals surface area contributed by atoms with Crippen molar-refractivity contribution in [2.24, 2.45) is 0 Å². The van der Waals surface area contributed by atoms with Gasteiger partial charge < -0.3 is 9.05 Å². The zero-order chi connectivity index (χ0) is 16.7. The monoisotopic (exact) mass is 337 g/mol. The van der Waals surface area contributed by atoms with Crippen molar-refractivity contribution in [3.05, 3.63) is 48.0 Å². The lowest BCUT2D eigenvalue weighted by atomic mass is 10.1. The Balaban J connectivity index is 2.22. The van der Waals surface area contributed by atoms with Crippen LogP contribution in [0.3, 0.4) is 0 Å². The smallest absolute Gasteiger partial charge is 0.308 e. The third kappa shape index (κ3) is 4.77. The largest absolute Gasteiger partial charge is 0.341 e. The molecule has 1 unspecified atom stereocenters. The summed E-state index contributed by atoms with van der Waals surface area (Å²) in [7, 11) is -3.24. The molecule has 0 aromatic heterocycles. The Morgan fingerprint density at radius 1 is 1.26 bits per heavy atom. The average molecular weight is 337 g/mol. The second-order valence-electron chi connectivity index (χ2n) is 5.78. The molecule has 23 heavy (non-hydrogen) atoms. The summed E-state index contributed by atoms with van der Waals surface area (Å²) in [5.41, 5.74) is 1.75. The van der Waals surface area contributed by atoms with Gasteiger partial charge in [-0.2, -0.15) is 0 Å². The van der Waals surface area contributed by atoms with Gasteiger partial charge in [0.25, 0.3) is 0 Å². The van der Waals surface area contributed by atoms with Crippen LogP contribution in [0.4, 0.5) is 0 Å². The minimum atomic E-state index is -3.24. The van der Waals surface area contributed by atoms with Crippen molar-refractivity contribution in [1.82, 2.24) is 4.90 Å². The van der Waals surface area contributed by atoms with Crippen LogP contribution in [0.25, 0.3) is 0 Å². The van der Waals surface area contributed by atoms with Gasteiger partial charge in [0.1, 0.15) is 5.66 Å². The average Bonchev–Trinajstić information content (AvgIpc) is 3.01. The molecular weight excluding hydrogens is 309 g/mol. The minimum absolute atomic E-state index is 0.356. The van der Waals surface area contributed by atoms with Gasteiger partial charge in [0.05, 0.1) is 13.2 Å². The lowest BCUT2D eigenvalue weighted by Crippen LogP contribution is -2.18. The van der Waals surface area contributed by atoms with E-state index in [9.17, 15) is 4.57 Å². The number of likely N-dealkylation sites (tertiary alicyclic amines) is 1. The van der Waals surface area contributed by atoms with Gasteiger partial charge in [-0.15, -0.1) is 6.58 Å². The third-order valence-electron chi connectivity index (χ3n) is 4.08. The molecule has 0 amide bonds. The SMILES string of the molecule is C=CC(c1cccc(CN2CCCC2)c1)P(=O)(OCC)OCC. The van der Waals surface area contributed by atoms with E-state index in [1.807, 2.05) is 26.0 Å². The Morgan fingerprint density at radius 3 is 2.48 bits per heavy atom. The molecule has 1 heterocycles. The highest BCUT2D eigenvalue weighted by Gasteiger charge is 2.34. The molecule has 4 nitrogen and oxygen atoms in total. The number of rotatable bonds is 9. The molecule has 1 aliphatic rings. The first kappa shape index (κ1) is 18.4. The van der Waals surface area contributed by atoms with Crippen LogP contribution in [-0.4, -0.2) is 31.2 Å². The Kier molecular flexibility index (Phi) is 7.04. The molecule has 1 atom stereocenters. The molecule has 0 N–H and O–H groups in total. The lowest BCUT2D eigenvalue weighted by molar-refractivity contribution is 0.215. The first-order valence-electron chi connectivity index (χ1n) is 8.45. The van der Waals surface area contributed by atoms with Gasteiger partial charge in [-0.25, -0.2) is 0 Å². The zero-order valence-electron chi connectivity index (χ0n) is 14.2. The van der Waals surface area contributed by atoms with Gasteiger partial charge in [0.2, 0.25) is 0 Å². The van der Waals surface area contributed by atoms with Gasteiger partial charge in [0, 0.05) is 6.54 Å². The first-order valence-corrected chi connectivity index (χ1v) is 10.1.